The molecule has 2 aliphatic heterocycles. The van der Waals surface area contributed by atoms with Crippen LogP contribution < -0.4 is 5.32 Å². The highest BCUT2D eigenvalue weighted by Gasteiger charge is 2.46. The van der Waals surface area contributed by atoms with Crippen molar-refractivity contribution in [1.29, 1.82) is 0 Å². The largest absolute Gasteiger partial charge is 0.450 e. The van der Waals surface area contributed by atoms with E-state index < -0.39 is 0 Å². The van der Waals surface area contributed by atoms with Gasteiger partial charge in [-0.25, -0.2) is 4.79 Å². The van der Waals surface area contributed by atoms with Crippen LogP contribution in [0.25, 0.3) is 0 Å². The molecule has 1 N–H and O–H groups in total. The van der Waals surface area contributed by atoms with Gasteiger partial charge >= 0.3 is 6.09 Å². The SMILES string of the molecule is CCOC(=O)N1CCC2C(COC)Nc3ccccc3C21. The molecule has 2 heterocycles. The summed E-state index contributed by atoms with van der Waals surface area (Å²) >= 11 is 0. The monoisotopic (exact) mass is 290 g/mol. The number of amides is 1. The van der Waals surface area contributed by atoms with Crippen LogP contribution in [0.3, 0.4) is 0 Å². The van der Waals surface area contributed by atoms with Gasteiger partial charge in [-0.05, 0) is 25.0 Å². The van der Waals surface area contributed by atoms with E-state index in [1.807, 2.05) is 24.0 Å². The topological polar surface area (TPSA) is 50.8 Å². The van der Waals surface area contributed by atoms with Crippen molar-refractivity contribution in [3.05, 3.63) is 29.8 Å². The number of rotatable bonds is 3. The third-order valence-corrected chi connectivity index (χ3v) is 4.43. The first-order valence-corrected chi connectivity index (χ1v) is 7.54. The number of likely N-dealkylation sites (tertiary alicyclic amines) is 1. The molecule has 2 aliphatic rings. The number of nitrogens with one attached hydrogen (secondary N) is 1. The summed E-state index contributed by atoms with van der Waals surface area (Å²) in [7, 11) is 1.72. The van der Waals surface area contributed by atoms with E-state index in [-0.39, 0.29) is 18.2 Å². The molecule has 1 aromatic rings. The molecule has 0 radical (unpaired) electrons. The minimum absolute atomic E-state index is 0.0849. The van der Waals surface area contributed by atoms with E-state index in [1.165, 1.54) is 5.56 Å². The lowest BCUT2D eigenvalue weighted by Crippen LogP contribution is -2.43. The molecule has 3 unspecified atom stereocenters. The molecule has 1 amide bonds. The number of carbonyl (C=O) groups is 1. The van der Waals surface area contributed by atoms with Crippen LogP contribution in [-0.4, -0.2) is 43.9 Å². The predicted molar refractivity (Wildman–Crippen MR) is 80.3 cm³/mol. The van der Waals surface area contributed by atoms with E-state index in [9.17, 15) is 4.79 Å². The van der Waals surface area contributed by atoms with E-state index in [2.05, 4.69) is 17.4 Å². The Morgan fingerprint density at radius 3 is 3.00 bits per heavy atom. The maximum absolute atomic E-state index is 12.2. The first-order valence-electron chi connectivity index (χ1n) is 7.54. The van der Waals surface area contributed by atoms with Crippen LogP contribution in [0.4, 0.5) is 10.5 Å². The van der Waals surface area contributed by atoms with E-state index in [0.29, 0.717) is 19.1 Å². The van der Waals surface area contributed by atoms with Crippen molar-refractivity contribution in [3.63, 3.8) is 0 Å². The minimum Gasteiger partial charge on any atom is -0.450 e. The average molecular weight is 290 g/mol. The Hall–Kier alpha value is -1.75. The van der Waals surface area contributed by atoms with E-state index in [4.69, 9.17) is 9.47 Å². The lowest BCUT2D eigenvalue weighted by molar-refractivity contribution is 0.0914. The van der Waals surface area contributed by atoms with E-state index >= 15 is 0 Å². The Kier molecular flexibility index (Phi) is 4.01. The zero-order valence-electron chi connectivity index (χ0n) is 12.5. The van der Waals surface area contributed by atoms with Gasteiger partial charge in [-0.15, -0.1) is 0 Å². The van der Waals surface area contributed by atoms with Crippen LogP contribution in [0, 0.1) is 5.92 Å². The maximum Gasteiger partial charge on any atom is 0.410 e. The molecule has 1 fully saturated rings. The summed E-state index contributed by atoms with van der Waals surface area (Å²) in [6.45, 7) is 3.64. The van der Waals surface area contributed by atoms with Gasteiger partial charge in [0.2, 0.25) is 0 Å². The summed E-state index contributed by atoms with van der Waals surface area (Å²) in [4.78, 5) is 14.1. The Labute approximate surface area is 125 Å². The van der Waals surface area contributed by atoms with Gasteiger partial charge in [0.05, 0.1) is 25.3 Å². The van der Waals surface area contributed by atoms with Gasteiger partial charge in [0.15, 0.2) is 0 Å². The van der Waals surface area contributed by atoms with Gasteiger partial charge < -0.3 is 19.7 Å². The molecule has 21 heavy (non-hydrogen) atoms. The molecule has 0 aliphatic carbocycles. The van der Waals surface area contributed by atoms with Crippen molar-refractivity contribution < 1.29 is 14.3 Å². The van der Waals surface area contributed by atoms with Gasteiger partial charge in [0.1, 0.15) is 0 Å². The quantitative estimate of drug-likeness (QED) is 0.930. The molecule has 5 nitrogen and oxygen atoms in total. The van der Waals surface area contributed by atoms with Crippen LogP contribution in [0.15, 0.2) is 24.3 Å². The second-order valence-electron chi connectivity index (χ2n) is 5.58. The molecule has 0 spiro atoms. The molecule has 1 saturated heterocycles. The lowest BCUT2D eigenvalue weighted by Gasteiger charge is -2.39. The van der Waals surface area contributed by atoms with Crippen LogP contribution in [0.5, 0.6) is 0 Å². The van der Waals surface area contributed by atoms with Crippen LogP contribution >= 0.6 is 0 Å². The first kappa shape index (κ1) is 14.2. The normalized spacial score (nSPS) is 26.8. The summed E-state index contributed by atoms with van der Waals surface area (Å²) in [5.74, 6) is 0.365. The highest BCUT2D eigenvalue weighted by Crippen LogP contribution is 2.46. The number of hydrogen-bond donors (Lipinski definition) is 1. The number of carbonyl (C=O) groups excluding carboxylic acids is 1. The average Bonchev–Trinajstić information content (AvgIpc) is 2.93. The summed E-state index contributed by atoms with van der Waals surface area (Å²) in [6.07, 6.45) is 0.761. The van der Waals surface area contributed by atoms with E-state index in [1.54, 1.807) is 7.11 Å². The second-order valence-corrected chi connectivity index (χ2v) is 5.58. The number of benzene rings is 1. The third-order valence-electron chi connectivity index (χ3n) is 4.43. The smallest absolute Gasteiger partial charge is 0.410 e. The fourth-order valence-electron chi connectivity index (χ4n) is 3.59. The number of ether oxygens (including phenoxy) is 2. The Morgan fingerprint density at radius 2 is 2.24 bits per heavy atom. The van der Waals surface area contributed by atoms with Gasteiger partial charge in [-0.1, -0.05) is 18.2 Å². The van der Waals surface area contributed by atoms with Crippen molar-refractivity contribution in [1.82, 2.24) is 4.90 Å². The Bertz CT molecular complexity index is 520. The molecule has 0 bridgehead atoms. The highest BCUT2D eigenvalue weighted by molar-refractivity contribution is 5.70. The summed E-state index contributed by atoms with van der Waals surface area (Å²) in [5.41, 5.74) is 2.28. The standard InChI is InChI=1S/C16H22N2O3/c1-3-21-16(19)18-9-8-12-14(10-20-2)17-13-7-5-4-6-11(13)15(12)18/h4-7,12,14-15,17H,3,8-10H2,1-2H3. The predicted octanol–water partition coefficient (Wildman–Crippen LogP) is 2.65. The fraction of sp³-hybridized carbons (Fsp3) is 0.562. The molecule has 3 rings (SSSR count). The summed E-state index contributed by atoms with van der Waals surface area (Å²) < 4.78 is 10.6. The zero-order chi connectivity index (χ0) is 14.8. The summed E-state index contributed by atoms with van der Waals surface area (Å²) in [6, 6.07) is 8.52. The summed E-state index contributed by atoms with van der Waals surface area (Å²) in [5, 5.41) is 3.56. The van der Waals surface area contributed by atoms with Crippen molar-refractivity contribution in [2.75, 3.05) is 32.2 Å². The van der Waals surface area contributed by atoms with E-state index in [0.717, 1.165) is 18.7 Å². The van der Waals surface area contributed by atoms with Gasteiger partial charge in [0.25, 0.3) is 0 Å². The molecule has 0 saturated carbocycles. The molecule has 3 atom stereocenters. The molecular formula is C16H22N2O3. The number of methoxy groups -OCH3 is 1. The number of fused-ring (bicyclic) bond motifs is 3. The van der Waals surface area contributed by atoms with Gasteiger partial charge in [-0.2, -0.15) is 0 Å². The molecule has 1 aromatic carbocycles. The van der Waals surface area contributed by atoms with Crippen molar-refractivity contribution in [3.8, 4) is 0 Å². The zero-order valence-corrected chi connectivity index (χ0v) is 12.5. The highest BCUT2D eigenvalue weighted by atomic mass is 16.6. The van der Waals surface area contributed by atoms with Gasteiger partial charge in [0, 0.05) is 25.3 Å². The maximum atomic E-state index is 12.2. The third kappa shape index (κ3) is 2.46. The van der Waals surface area contributed by atoms with Crippen molar-refractivity contribution >= 4 is 11.8 Å². The van der Waals surface area contributed by atoms with Crippen molar-refractivity contribution in [2.24, 2.45) is 5.92 Å². The lowest BCUT2D eigenvalue weighted by atomic mass is 9.83. The Balaban J connectivity index is 1.94. The van der Waals surface area contributed by atoms with Crippen LogP contribution in [0.2, 0.25) is 0 Å². The van der Waals surface area contributed by atoms with Crippen LogP contribution in [-0.2, 0) is 9.47 Å². The molecular weight excluding hydrogens is 268 g/mol. The molecule has 0 aromatic heterocycles. The Morgan fingerprint density at radius 1 is 1.43 bits per heavy atom. The first-order chi connectivity index (χ1) is 10.3. The fourth-order valence-corrected chi connectivity index (χ4v) is 3.59. The van der Waals surface area contributed by atoms with Crippen LogP contribution in [0.1, 0.15) is 24.9 Å². The number of hydrogen-bond acceptors (Lipinski definition) is 4. The van der Waals surface area contributed by atoms with Crippen molar-refractivity contribution in [2.45, 2.75) is 25.4 Å². The number of nitrogens with zero attached hydrogens (tertiary/aromatic N) is 1. The number of para-hydroxylation sites is 1. The second kappa shape index (κ2) is 5.93. The minimum atomic E-state index is -0.210. The molecule has 114 valence electrons. The van der Waals surface area contributed by atoms with Gasteiger partial charge in [-0.3, -0.25) is 0 Å². The number of anilines is 1. The molecule has 5 heteroatoms.